The number of ether oxygens (including phenoxy) is 1. The topological polar surface area (TPSA) is 75.7 Å². The van der Waals surface area contributed by atoms with Crippen LogP contribution in [-0.4, -0.2) is 41.4 Å². The summed E-state index contributed by atoms with van der Waals surface area (Å²) >= 11 is 11.8. The van der Waals surface area contributed by atoms with Gasteiger partial charge in [-0.25, -0.2) is 0 Å². The maximum absolute atomic E-state index is 12.7. The SMILES string of the molecule is CC(C)(C)N(Cc1ccccc1)C(=O)COC(=O)CNC(=O)c1ccc(Cl)cc1Cl. The van der Waals surface area contributed by atoms with Crippen molar-refractivity contribution in [1.82, 2.24) is 10.2 Å². The molecule has 160 valence electrons. The zero-order valence-corrected chi connectivity index (χ0v) is 18.6. The number of amides is 2. The van der Waals surface area contributed by atoms with E-state index in [9.17, 15) is 14.4 Å². The predicted molar refractivity (Wildman–Crippen MR) is 116 cm³/mol. The monoisotopic (exact) mass is 450 g/mol. The van der Waals surface area contributed by atoms with Gasteiger partial charge in [0.1, 0.15) is 6.54 Å². The van der Waals surface area contributed by atoms with Gasteiger partial charge < -0.3 is 15.0 Å². The van der Waals surface area contributed by atoms with Gasteiger partial charge >= 0.3 is 5.97 Å². The first kappa shape index (κ1) is 23.7. The molecule has 0 aliphatic heterocycles. The first-order valence-electron chi connectivity index (χ1n) is 9.31. The lowest BCUT2D eigenvalue weighted by atomic mass is 10.0. The van der Waals surface area contributed by atoms with E-state index in [-0.39, 0.29) is 23.0 Å². The van der Waals surface area contributed by atoms with Crippen molar-refractivity contribution in [1.29, 1.82) is 0 Å². The molecule has 30 heavy (non-hydrogen) atoms. The van der Waals surface area contributed by atoms with E-state index in [0.717, 1.165) is 5.56 Å². The van der Waals surface area contributed by atoms with Gasteiger partial charge in [-0.05, 0) is 44.5 Å². The number of benzene rings is 2. The van der Waals surface area contributed by atoms with E-state index in [4.69, 9.17) is 27.9 Å². The Hall–Kier alpha value is -2.57. The number of nitrogens with one attached hydrogen (secondary N) is 1. The van der Waals surface area contributed by atoms with Gasteiger partial charge in [-0.3, -0.25) is 14.4 Å². The van der Waals surface area contributed by atoms with Crippen molar-refractivity contribution in [3.8, 4) is 0 Å². The summed E-state index contributed by atoms with van der Waals surface area (Å²) in [5, 5.41) is 2.98. The number of rotatable bonds is 7. The Bertz CT molecular complexity index is 911. The summed E-state index contributed by atoms with van der Waals surface area (Å²) in [7, 11) is 0. The Labute approximate surface area is 186 Å². The predicted octanol–water partition coefficient (Wildman–Crippen LogP) is 4.09. The summed E-state index contributed by atoms with van der Waals surface area (Å²) in [6, 6.07) is 14.0. The van der Waals surface area contributed by atoms with Crippen LogP contribution in [0, 0.1) is 0 Å². The number of carbonyl (C=O) groups is 3. The smallest absolute Gasteiger partial charge is 0.325 e. The van der Waals surface area contributed by atoms with Gasteiger partial charge in [0.25, 0.3) is 11.8 Å². The minimum atomic E-state index is -0.727. The van der Waals surface area contributed by atoms with Gasteiger partial charge in [0.05, 0.1) is 10.6 Å². The van der Waals surface area contributed by atoms with Crippen LogP contribution in [0.4, 0.5) is 0 Å². The van der Waals surface area contributed by atoms with E-state index in [1.165, 1.54) is 18.2 Å². The highest BCUT2D eigenvalue weighted by molar-refractivity contribution is 6.36. The van der Waals surface area contributed by atoms with E-state index in [2.05, 4.69) is 5.32 Å². The molecule has 1 N–H and O–H groups in total. The molecule has 0 saturated heterocycles. The molecule has 0 saturated carbocycles. The molecule has 8 heteroatoms. The normalized spacial score (nSPS) is 11.0. The summed E-state index contributed by atoms with van der Waals surface area (Å²) in [6.45, 7) is 5.32. The van der Waals surface area contributed by atoms with Crippen molar-refractivity contribution in [2.75, 3.05) is 13.2 Å². The second kappa shape index (κ2) is 10.5. The zero-order chi connectivity index (χ0) is 22.3. The standard InChI is InChI=1S/C22H24Cl2N2O4/c1-22(2,3)26(13-15-7-5-4-6-8-15)19(27)14-30-20(28)12-25-21(29)17-10-9-16(23)11-18(17)24/h4-11H,12-14H2,1-3H3,(H,25,29). The highest BCUT2D eigenvalue weighted by Gasteiger charge is 2.27. The van der Waals surface area contributed by atoms with Crippen molar-refractivity contribution in [2.45, 2.75) is 32.9 Å². The van der Waals surface area contributed by atoms with Crippen LogP contribution in [0.5, 0.6) is 0 Å². The van der Waals surface area contributed by atoms with Crippen LogP contribution >= 0.6 is 23.2 Å². The molecule has 0 aliphatic carbocycles. The molecular weight excluding hydrogens is 427 g/mol. The minimum absolute atomic E-state index is 0.172. The number of hydrogen-bond donors (Lipinski definition) is 1. The fourth-order valence-corrected chi connectivity index (χ4v) is 3.15. The van der Waals surface area contributed by atoms with Crippen LogP contribution in [-0.2, 0) is 20.9 Å². The fourth-order valence-electron chi connectivity index (χ4n) is 2.66. The zero-order valence-electron chi connectivity index (χ0n) is 17.1. The van der Waals surface area contributed by atoms with Crippen molar-refractivity contribution in [3.05, 3.63) is 69.7 Å². The Kier molecular flexibility index (Phi) is 8.26. The summed E-state index contributed by atoms with van der Waals surface area (Å²) in [5.74, 6) is -1.59. The largest absolute Gasteiger partial charge is 0.454 e. The molecule has 2 amide bonds. The Balaban J connectivity index is 1.88. The third kappa shape index (κ3) is 7.04. The van der Waals surface area contributed by atoms with Gasteiger partial charge in [0.2, 0.25) is 0 Å². The number of nitrogens with zero attached hydrogens (tertiary/aromatic N) is 1. The average molecular weight is 451 g/mol. The Morgan fingerprint density at radius 3 is 2.30 bits per heavy atom. The lowest BCUT2D eigenvalue weighted by Gasteiger charge is -2.35. The molecule has 2 rings (SSSR count). The molecular formula is C22H24Cl2N2O4. The van der Waals surface area contributed by atoms with Gasteiger partial charge in [0, 0.05) is 17.1 Å². The fraction of sp³-hybridized carbons (Fsp3) is 0.318. The van der Waals surface area contributed by atoms with Crippen LogP contribution < -0.4 is 5.32 Å². The van der Waals surface area contributed by atoms with Crippen LogP contribution in [0.15, 0.2) is 48.5 Å². The summed E-state index contributed by atoms with van der Waals surface area (Å²) in [5.41, 5.74) is 0.699. The summed E-state index contributed by atoms with van der Waals surface area (Å²) < 4.78 is 5.05. The van der Waals surface area contributed by atoms with Gasteiger partial charge in [-0.15, -0.1) is 0 Å². The van der Waals surface area contributed by atoms with E-state index < -0.39 is 24.0 Å². The van der Waals surface area contributed by atoms with Crippen LogP contribution in [0.3, 0.4) is 0 Å². The van der Waals surface area contributed by atoms with E-state index in [1.807, 2.05) is 51.1 Å². The van der Waals surface area contributed by atoms with Gasteiger partial charge in [-0.1, -0.05) is 53.5 Å². The quantitative estimate of drug-likeness (QED) is 0.644. The van der Waals surface area contributed by atoms with Crippen molar-refractivity contribution >= 4 is 41.0 Å². The third-order valence-corrected chi connectivity index (χ3v) is 4.77. The number of hydrogen-bond acceptors (Lipinski definition) is 4. The van der Waals surface area contributed by atoms with Crippen LogP contribution in [0.2, 0.25) is 10.0 Å². The lowest BCUT2D eigenvalue weighted by molar-refractivity contribution is -0.153. The number of carbonyl (C=O) groups excluding carboxylic acids is 3. The number of halogens is 2. The molecule has 0 aromatic heterocycles. The molecule has 0 heterocycles. The molecule has 6 nitrogen and oxygen atoms in total. The summed E-state index contributed by atoms with van der Waals surface area (Å²) in [4.78, 5) is 38.4. The third-order valence-electron chi connectivity index (χ3n) is 4.22. The molecule has 0 atom stereocenters. The second-order valence-corrected chi connectivity index (χ2v) is 8.45. The first-order valence-corrected chi connectivity index (χ1v) is 10.1. The molecule has 0 spiro atoms. The Morgan fingerprint density at radius 2 is 1.70 bits per heavy atom. The van der Waals surface area contributed by atoms with Crippen molar-refractivity contribution < 1.29 is 19.1 Å². The van der Waals surface area contributed by atoms with Gasteiger partial charge in [0.15, 0.2) is 6.61 Å². The minimum Gasteiger partial charge on any atom is -0.454 e. The van der Waals surface area contributed by atoms with E-state index in [0.29, 0.717) is 11.6 Å². The summed E-state index contributed by atoms with van der Waals surface area (Å²) in [6.07, 6.45) is 0. The van der Waals surface area contributed by atoms with E-state index in [1.54, 1.807) is 4.90 Å². The highest BCUT2D eigenvalue weighted by Crippen LogP contribution is 2.21. The Morgan fingerprint density at radius 1 is 1.03 bits per heavy atom. The molecule has 2 aromatic rings. The molecule has 0 aliphatic rings. The van der Waals surface area contributed by atoms with Crippen LogP contribution in [0.25, 0.3) is 0 Å². The lowest BCUT2D eigenvalue weighted by Crippen LogP contribution is -2.47. The van der Waals surface area contributed by atoms with Crippen LogP contribution in [0.1, 0.15) is 36.7 Å². The van der Waals surface area contributed by atoms with Gasteiger partial charge in [-0.2, -0.15) is 0 Å². The van der Waals surface area contributed by atoms with Crippen molar-refractivity contribution in [3.63, 3.8) is 0 Å². The molecule has 0 fully saturated rings. The molecule has 0 unspecified atom stereocenters. The number of esters is 1. The second-order valence-electron chi connectivity index (χ2n) is 7.60. The molecule has 2 aromatic carbocycles. The molecule has 0 bridgehead atoms. The molecule has 0 radical (unpaired) electrons. The first-order chi connectivity index (χ1) is 14.1. The average Bonchev–Trinajstić information content (AvgIpc) is 2.68. The van der Waals surface area contributed by atoms with Crippen molar-refractivity contribution in [2.24, 2.45) is 0 Å². The highest BCUT2D eigenvalue weighted by atomic mass is 35.5. The van der Waals surface area contributed by atoms with E-state index >= 15 is 0 Å². The maximum atomic E-state index is 12.7. The maximum Gasteiger partial charge on any atom is 0.325 e.